The van der Waals surface area contributed by atoms with Gasteiger partial charge < -0.3 is 0 Å². The van der Waals surface area contributed by atoms with Crippen molar-refractivity contribution in [2.75, 3.05) is 0 Å². The van der Waals surface area contributed by atoms with E-state index in [1.54, 1.807) is 6.07 Å². The molecule has 0 aliphatic rings. The second-order valence-corrected chi connectivity index (χ2v) is 4.09. The summed E-state index contributed by atoms with van der Waals surface area (Å²) in [5.41, 5.74) is 2.29. The van der Waals surface area contributed by atoms with Crippen LogP contribution in [0.2, 0.25) is 10.0 Å². The van der Waals surface area contributed by atoms with Crippen LogP contribution in [0.5, 0.6) is 0 Å². The molecule has 0 saturated heterocycles. The van der Waals surface area contributed by atoms with Gasteiger partial charge in [0.1, 0.15) is 0 Å². The first kappa shape index (κ1) is 10.5. The summed E-state index contributed by atoms with van der Waals surface area (Å²) < 4.78 is 0. The first-order chi connectivity index (χ1) is 7.25. The van der Waals surface area contributed by atoms with Crippen LogP contribution in [0.15, 0.2) is 42.5 Å². The number of benzene rings is 2. The van der Waals surface area contributed by atoms with Gasteiger partial charge in [-0.15, -0.1) is 0 Å². The molecule has 15 heavy (non-hydrogen) atoms. The molecule has 0 fully saturated rings. The Morgan fingerprint density at radius 3 is 2.33 bits per heavy atom. The molecule has 0 amide bonds. The molecule has 0 heterocycles. The molecule has 2 rings (SSSR count). The van der Waals surface area contributed by atoms with Gasteiger partial charge in [-0.05, 0) is 23.6 Å². The van der Waals surface area contributed by atoms with Crippen LogP contribution < -0.4 is 0 Å². The molecule has 1 radical (unpaired) electrons. The normalized spacial score (nSPS) is 10.3. The molecule has 0 N–H and O–H groups in total. The summed E-state index contributed by atoms with van der Waals surface area (Å²) in [6, 6.07) is 17.0. The predicted octanol–water partition coefficient (Wildman–Crippen LogP) is 4.38. The molecule has 75 valence electrons. The van der Waals surface area contributed by atoms with Crippen molar-refractivity contribution in [3.05, 3.63) is 69.7 Å². The van der Waals surface area contributed by atoms with E-state index in [1.165, 1.54) is 5.56 Å². The average Bonchev–Trinajstić information content (AvgIpc) is 2.25. The van der Waals surface area contributed by atoms with Crippen molar-refractivity contribution in [2.45, 2.75) is 6.42 Å². The summed E-state index contributed by atoms with van der Waals surface area (Å²) in [6.45, 7) is 0. The Hall–Kier alpha value is -0.980. The van der Waals surface area contributed by atoms with Crippen LogP contribution in [0, 0.1) is 6.07 Å². The molecule has 0 aliphatic carbocycles. The molecule has 0 atom stereocenters. The zero-order valence-electron chi connectivity index (χ0n) is 8.00. The number of rotatable bonds is 2. The molecule has 0 spiro atoms. The zero-order valence-corrected chi connectivity index (χ0v) is 9.52. The molecule has 2 aromatic rings. The van der Waals surface area contributed by atoms with Crippen LogP contribution in [0.25, 0.3) is 0 Å². The fourth-order valence-corrected chi connectivity index (χ4v) is 1.70. The summed E-state index contributed by atoms with van der Waals surface area (Å²) in [5.74, 6) is 0. The van der Waals surface area contributed by atoms with Gasteiger partial charge in [0.25, 0.3) is 0 Å². The second-order valence-electron chi connectivity index (χ2n) is 3.31. The maximum Gasteiger partial charge on any atom is 0.0674 e. The molecular weight excluding hydrogens is 227 g/mol. The summed E-state index contributed by atoms with van der Waals surface area (Å²) in [7, 11) is 0. The first-order valence-electron chi connectivity index (χ1n) is 4.66. The van der Waals surface area contributed by atoms with E-state index in [1.807, 2.05) is 24.3 Å². The Balaban J connectivity index is 2.22. The lowest BCUT2D eigenvalue weighted by molar-refractivity contribution is 1.19. The third-order valence-electron chi connectivity index (χ3n) is 2.15. The van der Waals surface area contributed by atoms with Gasteiger partial charge in [0.15, 0.2) is 0 Å². The lowest BCUT2D eigenvalue weighted by atomic mass is 10.1. The van der Waals surface area contributed by atoms with E-state index in [9.17, 15) is 0 Å². The van der Waals surface area contributed by atoms with E-state index < -0.39 is 0 Å². The summed E-state index contributed by atoms with van der Waals surface area (Å²) in [5, 5.41) is 1.04. The smallest absolute Gasteiger partial charge is 0.0674 e. The highest BCUT2D eigenvalue weighted by atomic mass is 35.5. The van der Waals surface area contributed by atoms with Crippen LogP contribution in [-0.4, -0.2) is 0 Å². The Labute approximate surface area is 99.5 Å². The van der Waals surface area contributed by atoms with Crippen molar-refractivity contribution >= 4 is 23.2 Å². The topological polar surface area (TPSA) is 0 Å². The molecule has 0 saturated carbocycles. The van der Waals surface area contributed by atoms with E-state index in [2.05, 4.69) is 18.2 Å². The zero-order chi connectivity index (χ0) is 10.7. The Kier molecular flexibility index (Phi) is 3.30. The van der Waals surface area contributed by atoms with Gasteiger partial charge in [-0.2, -0.15) is 0 Å². The fraction of sp³-hybridized carbons (Fsp3) is 0.0769. The maximum absolute atomic E-state index is 5.89. The number of hydrogen-bond acceptors (Lipinski definition) is 0. The minimum absolute atomic E-state index is 0.491. The standard InChI is InChI=1S/C13H9Cl2/c14-12-7-6-11(9-13(12)15)8-10-4-2-1-3-5-10/h1-7H,8H2. The molecule has 0 unspecified atom stereocenters. The van der Waals surface area contributed by atoms with Crippen LogP contribution in [0.4, 0.5) is 0 Å². The maximum atomic E-state index is 5.89. The predicted molar refractivity (Wildman–Crippen MR) is 64.5 cm³/mol. The largest absolute Gasteiger partial charge is 0.0827 e. The first-order valence-corrected chi connectivity index (χ1v) is 5.41. The second kappa shape index (κ2) is 4.69. The van der Waals surface area contributed by atoms with Crippen molar-refractivity contribution < 1.29 is 0 Å². The van der Waals surface area contributed by atoms with E-state index in [0.29, 0.717) is 10.0 Å². The Bertz CT molecular complexity index is 449. The highest BCUT2D eigenvalue weighted by molar-refractivity contribution is 6.41. The summed E-state index contributed by atoms with van der Waals surface area (Å²) >= 11 is 11.7. The Morgan fingerprint density at radius 2 is 1.67 bits per heavy atom. The molecule has 0 bridgehead atoms. The monoisotopic (exact) mass is 235 g/mol. The molecule has 2 aromatic carbocycles. The van der Waals surface area contributed by atoms with Crippen LogP contribution in [0.1, 0.15) is 11.1 Å². The average molecular weight is 236 g/mol. The van der Waals surface area contributed by atoms with Gasteiger partial charge in [-0.3, -0.25) is 0 Å². The molecule has 2 heteroatoms. The Morgan fingerprint density at radius 1 is 0.933 bits per heavy atom. The van der Waals surface area contributed by atoms with Crippen LogP contribution >= 0.6 is 23.2 Å². The van der Waals surface area contributed by atoms with Crippen molar-refractivity contribution in [3.8, 4) is 0 Å². The highest BCUT2D eigenvalue weighted by Gasteiger charge is 2.00. The van der Waals surface area contributed by atoms with Gasteiger partial charge >= 0.3 is 0 Å². The van der Waals surface area contributed by atoms with Gasteiger partial charge in [0.2, 0.25) is 0 Å². The van der Waals surface area contributed by atoms with E-state index >= 15 is 0 Å². The molecular formula is C13H9Cl2. The quantitative estimate of drug-likeness (QED) is 0.725. The third kappa shape index (κ3) is 2.74. The fourth-order valence-electron chi connectivity index (χ4n) is 1.41. The van der Waals surface area contributed by atoms with Crippen LogP contribution in [0.3, 0.4) is 0 Å². The van der Waals surface area contributed by atoms with E-state index in [0.717, 1.165) is 12.0 Å². The minimum Gasteiger partial charge on any atom is -0.0827 e. The van der Waals surface area contributed by atoms with Crippen molar-refractivity contribution in [3.63, 3.8) is 0 Å². The summed E-state index contributed by atoms with van der Waals surface area (Å²) in [4.78, 5) is 0. The van der Waals surface area contributed by atoms with Gasteiger partial charge in [-0.25, -0.2) is 0 Å². The van der Waals surface area contributed by atoms with Crippen molar-refractivity contribution in [1.29, 1.82) is 0 Å². The molecule has 0 nitrogen and oxygen atoms in total. The summed E-state index contributed by atoms with van der Waals surface area (Å²) in [6.07, 6.45) is 0.831. The lowest BCUT2D eigenvalue weighted by Crippen LogP contribution is -1.87. The SMILES string of the molecule is Clc1[c]c(Cc2ccccc2)ccc1Cl. The number of hydrogen-bond donors (Lipinski definition) is 0. The molecule has 0 aromatic heterocycles. The highest BCUT2D eigenvalue weighted by Crippen LogP contribution is 2.23. The van der Waals surface area contributed by atoms with E-state index in [-0.39, 0.29) is 0 Å². The number of halogens is 2. The lowest BCUT2D eigenvalue weighted by Gasteiger charge is -2.02. The minimum atomic E-state index is 0.491. The van der Waals surface area contributed by atoms with Gasteiger partial charge in [0, 0.05) is 6.07 Å². The van der Waals surface area contributed by atoms with Crippen LogP contribution in [-0.2, 0) is 6.42 Å². The third-order valence-corrected chi connectivity index (χ3v) is 2.86. The van der Waals surface area contributed by atoms with Crippen molar-refractivity contribution in [2.24, 2.45) is 0 Å². The van der Waals surface area contributed by atoms with Crippen molar-refractivity contribution in [1.82, 2.24) is 0 Å². The van der Waals surface area contributed by atoms with Gasteiger partial charge in [0.05, 0.1) is 10.0 Å². The van der Waals surface area contributed by atoms with Gasteiger partial charge in [-0.1, -0.05) is 59.6 Å². The molecule has 0 aliphatic heterocycles. The van der Waals surface area contributed by atoms with E-state index in [4.69, 9.17) is 23.2 Å².